The minimum absolute atomic E-state index is 0.154. The molecule has 0 fully saturated rings. The number of hydrogen-bond acceptors (Lipinski definition) is 5. The van der Waals surface area contributed by atoms with E-state index < -0.39 is 0 Å². The Morgan fingerprint density at radius 2 is 2.04 bits per heavy atom. The van der Waals surface area contributed by atoms with E-state index in [1.807, 2.05) is 12.1 Å². The molecule has 3 rings (SSSR count). The summed E-state index contributed by atoms with van der Waals surface area (Å²) in [4.78, 5) is 16.7. The number of thiazole rings is 1. The van der Waals surface area contributed by atoms with Gasteiger partial charge in [-0.2, -0.15) is 0 Å². The molecule has 0 aliphatic rings. The van der Waals surface area contributed by atoms with Gasteiger partial charge in [-0.1, -0.05) is 41.1 Å². The molecule has 2 aromatic carbocycles. The second kappa shape index (κ2) is 7.12. The van der Waals surface area contributed by atoms with E-state index in [0.717, 1.165) is 4.70 Å². The van der Waals surface area contributed by atoms with Gasteiger partial charge in [-0.15, -0.1) is 0 Å². The lowest BCUT2D eigenvalue weighted by atomic mass is 10.2. The summed E-state index contributed by atoms with van der Waals surface area (Å²) in [6.07, 6.45) is 0. The Bertz CT molecular complexity index is 927. The Morgan fingerprint density at radius 1 is 1.25 bits per heavy atom. The number of benzene rings is 2. The minimum Gasteiger partial charge on any atom is -0.496 e. The monoisotopic (exact) mass is 377 g/mol. The van der Waals surface area contributed by atoms with Gasteiger partial charge < -0.3 is 10.1 Å². The number of methoxy groups -OCH3 is 1. The first kappa shape index (κ1) is 16.6. The average Bonchev–Trinajstić information content (AvgIpc) is 2.98. The van der Waals surface area contributed by atoms with Gasteiger partial charge in [0.2, 0.25) is 0 Å². The molecule has 0 aliphatic carbocycles. The van der Waals surface area contributed by atoms with Crippen LogP contribution in [0.4, 0.5) is 5.13 Å². The van der Waals surface area contributed by atoms with Gasteiger partial charge in [0.1, 0.15) is 11.3 Å². The molecular weight excluding hydrogens is 366 g/mol. The van der Waals surface area contributed by atoms with Gasteiger partial charge in [-0.25, -0.2) is 4.98 Å². The molecule has 1 aromatic heterocycles. The molecule has 24 heavy (non-hydrogen) atoms. The van der Waals surface area contributed by atoms with Crippen molar-refractivity contribution in [1.82, 2.24) is 10.3 Å². The van der Waals surface area contributed by atoms with Crippen molar-refractivity contribution < 1.29 is 9.53 Å². The van der Waals surface area contributed by atoms with Crippen LogP contribution < -0.4 is 15.4 Å². The third-order valence-corrected chi connectivity index (χ3v) is 4.61. The third-order valence-electron chi connectivity index (χ3n) is 3.17. The van der Waals surface area contributed by atoms with Crippen LogP contribution in [0.25, 0.3) is 10.2 Å². The molecular formula is C16H12ClN3O2S2. The number of ether oxygens (including phenoxy) is 1. The summed E-state index contributed by atoms with van der Waals surface area (Å²) in [6.45, 7) is 0. The van der Waals surface area contributed by atoms with E-state index in [1.165, 1.54) is 18.4 Å². The van der Waals surface area contributed by atoms with E-state index >= 15 is 0 Å². The van der Waals surface area contributed by atoms with Crippen LogP contribution in [0.3, 0.4) is 0 Å². The van der Waals surface area contributed by atoms with Gasteiger partial charge in [0, 0.05) is 0 Å². The predicted molar refractivity (Wildman–Crippen MR) is 101 cm³/mol. The Kier molecular flexibility index (Phi) is 4.94. The summed E-state index contributed by atoms with van der Waals surface area (Å²) in [5, 5.41) is 6.80. The number of aromatic nitrogens is 1. The predicted octanol–water partition coefficient (Wildman–Crippen LogP) is 4.09. The number of nitrogens with one attached hydrogen (secondary N) is 2. The Labute approximate surface area is 152 Å². The quantitative estimate of drug-likeness (QED) is 0.673. The lowest BCUT2D eigenvalue weighted by Gasteiger charge is -2.09. The number of amides is 1. The molecule has 0 aliphatic heterocycles. The van der Waals surface area contributed by atoms with E-state index in [9.17, 15) is 4.79 Å². The zero-order valence-corrected chi connectivity index (χ0v) is 14.9. The highest BCUT2D eigenvalue weighted by molar-refractivity contribution is 7.80. The van der Waals surface area contributed by atoms with Crippen LogP contribution in [0.1, 0.15) is 10.4 Å². The number of carbonyl (C=O) groups is 1. The van der Waals surface area contributed by atoms with E-state index in [4.69, 9.17) is 28.6 Å². The normalized spacial score (nSPS) is 10.4. The summed E-state index contributed by atoms with van der Waals surface area (Å²) in [7, 11) is 1.51. The number of anilines is 1. The van der Waals surface area contributed by atoms with Crippen LogP contribution in [-0.4, -0.2) is 23.1 Å². The second-order valence-corrected chi connectivity index (χ2v) is 6.56. The number of fused-ring (bicyclic) bond motifs is 1. The standard InChI is InChI=1S/C16H12ClN3O2S2/c1-22-11-7-3-2-5-9(11)14(21)19-15(23)20-16-18-13-10(17)6-4-8-12(13)24-16/h2-8H,1H3,(H2,18,19,20,21,23). The maximum absolute atomic E-state index is 12.3. The minimum atomic E-state index is -0.357. The van der Waals surface area contributed by atoms with Crippen LogP contribution in [0.2, 0.25) is 5.02 Å². The van der Waals surface area contributed by atoms with Crippen molar-refractivity contribution in [3.05, 3.63) is 53.1 Å². The molecule has 122 valence electrons. The van der Waals surface area contributed by atoms with Gasteiger partial charge in [0.25, 0.3) is 5.91 Å². The first-order valence-corrected chi connectivity index (χ1v) is 8.49. The zero-order chi connectivity index (χ0) is 17.1. The number of thiocarbonyl (C=S) groups is 1. The van der Waals surface area contributed by atoms with Crippen LogP contribution >= 0.6 is 35.2 Å². The molecule has 0 bridgehead atoms. The molecule has 8 heteroatoms. The number of para-hydroxylation sites is 2. The molecule has 1 amide bonds. The van der Waals surface area contributed by atoms with Crippen LogP contribution in [0, 0.1) is 0 Å². The van der Waals surface area contributed by atoms with Gasteiger partial charge >= 0.3 is 0 Å². The zero-order valence-electron chi connectivity index (χ0n) is 12.5. The highest BCUT2D eigenvalue weighted by Gasteiger charge is 2.14. The van der Waals surface area contributed by atoms with Crippen LogP contribution in [0.15, 0.2) is 42.5 Å². The Morgan fingerprint density at radius 3 is 2.79 bits per heavy atom. The summed E-state index contributed by atoms with van der Waals surface area (Å²) in [6, 6.07) is 12.5. The highest BCUT2D eigenvalue weighted by atomic mass is 35.5. The largest absolute Gasteiger partial charge is 0.496 e. The van der Waals surface area contributed by atoms with E-state index in [-0.39, 0.29) is 11.0 Å². The van der Waals surface area contributed by atoms with Crippen molar-refractivity contribution in [2.45, 2.75) is 0 Å². The van der Waals surface area contributed by atoms with Gasteiger partial charge in [-0.3, -0.25) is 10.1 Å². The summed E-state index contributed by atoms with van der Waals surface area (Å²) < 4.78 is 6.10. The van der Waals surface area contributed by atoms with Crippen molar-refractivity contribution in [2.24, 2.45) is 0 Å². The Balaban J connectivity index is 1.72. The molecule has 0 saturated carbocycles. The van der Waals surface area contributed by atoms with E-state index in [2.05, 4.69) is 15.6 Å². The third kappa shape index (κ3) is 3.48. The maximum Gasteiger partial charge on any atom is 0.261 e. The lowest BCUT2D eigenvalue weighted by molar-refractivity contribution is 0.0975. The molecule has 0 radical (unpaired) electrons. The summed E-state index contributed by atoms with van der Waals surface area (Å²) in [5.74, 6) is 0.119. The fourth-order valence-corrected chi connectivity index (χ4v) is 3.52. The fourth-order valence-electron chi connectivity index (χ4n) is 2.10. The molecule has 5 nitrogen and oxygen atoms in total. The number of halogens is 1. The molecule has 1 heterocycles. The molecule has 0 saturated heterocycles. The number of nitrogens with zero attached hydrogens (tertiary/aromatic N) is 1. The molecule has 0 spiro atoms. The highest BCUT2D eigenvalue weighted by Crippen LogP contribution is 2.30. The smallest absolute Gasteiger partial charge is 0.261 e. The molecule has 3 aromatic rings. The van der Waals surface area contributed by atoms with Crippen molar-refractivity contribution in [3.63, 3.8) is 0 Å². The van der Waals surface area contributed by atoms with Crippen molar-refractivity contribution in [2.75, 3.05) is 12.4 Å². The summed E-state index contributed by atoms with van der Waals surface area (Å²) >= 11 is 12.7. The van der Waals surface area contributed by atoms with E-state index in [1.54, 1.807) is 30.3 Å². The SMILES string of the molecule is COc1ccccc1C(=O)NC(=S)Nc1nc2c(Cl)cccc2s1. The van der Waals surface area contributed by atoms with Gasteiger partial charge in [0.05, 0.1) is 22.4 Å². The molecule has 2 N–H and O–H groups in total. The lowest BCUT2D eigenvalue weighted by Crippen LogP contribution is -2.34. The maximum atomic E-state index is 12.3. The Hall–Kier alpha value is -2.22. The van der Waals surface area contributed by atoms with Gasteiger partial charge in [-0.05, 0) is 36.5 Å². The van der Waals surface area contributed by atoms with Crippen molar-refractivity contribution in [3.8, 4) is 5.75 Å². The number of rotatable bonds is 3. The van der Waals surface area contributed by atoms with E-state index in [0.29, 0.717) is 27.0 Å². The second-order valence-electron chi connectivity index (χ2n) is 4.71. The average molecular weight is 378 g/mol. The fraction of sp³-hybridized carbons (Fsp3) is 0.0625. The van der Waals surface area contributed by atoms with Crippen LogP contribution in [0.5, 0.6) is 5.75 Å². The van der Waals surface area contributed by atoms with Crippen molar-refractivity contribution in [1.29, 1.82) is 0 Å². The van der Waals surface area contributed by atoms with Gasteiger partial charge in [0.15, 0.2) is 10.2 Å². The molecule has 0 atom stereocenters. The number of carbonyl (C=O) groups excluding carboxylic acids is 1. The first-order chi connectivity index (χ1) is 11.6. The molecule has 0 unspecified atom stereocenters. The van der Waals surface area contributed by atoms with Crippen LogP contribution in [-0.2, 0) is 0 Å². The summed E-state index contributed by atoms with van der Waals surface area (Å²) in [5.41, 5.74) is 1.10. The first-order valence-electron chi connectivity index (χ1n) is 6.89. The van der Waals surface area contributed by atoms with Crippen molar-refractivity contribution >= 4 is 61.5 Å². The topological polar surface area (TPSA) is 63.2 Å². The number of hydrogen-bond donors (Lipinski definition) is 2.